The van der Waals surface area contributed by atoms with Crippen molar-refractivity contribution in [1.29, 1.82) is 0 Å². The summed E-state index contributed by atoms with van der Waals surface area (Å²) in [4.78, 5) is 1.73. The predicted octanol–water partition coefficient (Wildman–Crippen LogP) is 4.46. The number of rotatable bonds is 3. The lowest BCUT2D eigenvalue weighted by molar-refractivity contribution is -0.274. The molecule has 21 heavy (non-hydrogen) atoms. The monoisotopic (exact) mass is 299 g/mol. The van der Waals surface area contributed by atoms with E-state index in [2.05, 4.69) is 4.74 Å². The van der Waals surface area contributed by atoms with Gasteiger partial charge in [-0.3, -0.25) is 0 Å². The van der Waals surface area contributed by atoms with E-state index in [1.165, 1.54) is 18.2 Å². The molecule has 112 valence electrons. The highest BCUT2D eigenvalue weighted by atomic mass is 19.4. The van der Waals surface area contributed by atoms with Gasteiger partial charge in [-0.1, -0.05) is 18.2 Å². The highest BCUT2D eigenvalue weighted by molar-refractivity contribution is 5.79. The van der Waals surface area contributed by atoms with Crippen LogP contribution in [0.4, 0.5) is 23.2 Å². The Morgan fingerprint density at radius 2 is 1.57 bits per heavy atom. The Kier molecular flexibility index (Phi) is 4.06. The van der Waals surface area contributed by atoms with Crippen molar-refractivity contribution in [3.8, 4) is 16.9 Å². The summed E-state index contributed by atoms with van der Waals surface area (Å²) in [6, 6.07) is 9.73. The van der Waals surface area contributed by atoms with Gasteiger partial charge in [0.15, 0.2) is 0 Å². The van der Waals surface area contributed by atoms with Gasteiger partial charge in [-0.05, 0) is 29.8 Å². The summed E-state index contributed by atoms with van der Waals surface area (Å²) >= 11 is 0. The maximum absolute atomic E-state index is 14.0. The molecule has 0 atom stereocenters. The van der Waals surface area contributed by atoms with E-state index in [0.29, 0.717) is 16.8 Å². The van der Waals surface area contributed by atoms with Gasteiger partial charge in [-0.25, -0.2) is 4.39 Å². The molecule has 0 spiro atoms. The van der Waals surface area contributed by atoms with E-state index in [9.17, 15) is 17.6 Å². The van der Waals surface area contributed by atoms with Gasteiger partial charge in [0.05, 0.1) is 0 Å². The molecule has 0 radical (unpaired) electrons. The van der Waals surface area contributed by atoms with E-state index in [0.717, 1.165) is 12.1 Å². The van der Waals surface area contributed by atoms with Crippen LogP contribution in [-0.2, 0) is 0 Å². The van der Waals surface area contributed by atoms with Crippen LogP contribution in [0.25, 0.3) is 11.1 Å². The molecule has 0 aliphatic heterocycles. The van der Waals surface area contributed by atoms with Crippen molar-refractivity contribution < 1.29 is 22.3 Å². The van der Waals surface area contributed by atoms with Crippen LogP contribution >= 0.6 is 0 Å². The Labute approximate surface area is 119 Å². The second-order valence-electron chi connectivity index (χ2n) is 4.60. The van der Waals surface area contributed by atoms with Crippen molar-refractivity contribution in [1.82, 2.24) is 0 Å². The van der Waals surface area contributed by atoms with E-state index in [4.69, 9.17) is 0 Å². The lowest BCUT2D eigenvalue weighted by Crippen LogP contribution is -2.17. The van der Waals surface area contributed by atoms with Crippen molar-refractivity contribution in [3.63, 3.8) is 0 Å². The van der Waals surface area contributed by atoms with Crippen LogP contribution in [0.5, 0.6) is 5.75 Å². The summed E-state index contributed by atoms with van der Waals surface area (Å²) in [5.74, 6) is -0.778. The average Bonchev–Trinajstić information content (AvgIpc) is 2.37. The third kappa shape index (κ3) is 3.65. The first-order valence-corrected chi connectivity index (χ1v) is 6.10. The second-order valence-corrected chi connectivity index (χ2v) is 4.60. The molecule has 2 nitrogen and oxygen atoms in total. The maximum atomic E-state index is 14.0. The molecular weight excluding hydrogens is 286 g/mol. The standard InChI is InChI=1S/C15H13F4NO/c1-20(2)13-5-3-4-12(16)14(13)10-6-8-11(9-7-10)21-15(17,18)19/h3-9H,1-2H3. The third-order valence-corrected chi connectivity index (χ3v) is 2.85. The Balaban J connectivity index is 2.40. The maximum Gasteiger partial charge on any atom is 0.573 e. The third-order valence-electron chi connectivity index (χ3n) is 2.85. The first-order chi connectivity index (χ1) is 9.78. The van der Waals surface area contributed by atoms with Crippen LogP contribution in [0.3, 0.4) is 0 Å². The van der Waals surface area contributed by atoms with Gasteiger partial charge in [0, 0.05) is 25.3 Å². The molecule has 0 aliphatic rings. The largest absolute Gasteiger partial charge is 0.573 e. The van der Waals surface area contributed by atoms with Gasteiger partial charge in [0.2, 0.25) is 0 Å². The van der Waals surface area contributed by atoms with E-state index >= 15 is 0 Å². The minimum atomic E-state index is -4.74. The fourth-order valence-corrected chi connectivity index (χ4v) is 1.99. The molecule has 2 aromatic carbocycles. The molecule has 2 rings (SSSR count). The van der Waals surface area contributed by atoms with Gasteiger partial charge < -0.3 is 9.64 Å². The Morgan fingerprint density at radius 3 is 2.10 bits per heavy atom. The zero-order valence-electron chi connectivity index (χ0n) is 11.4. The summed E-state index contributed by atoms with van der Waals surface area (Å²) < 4.78 is 54.2. The SMILES string of the molecule is CN(C)c1cccc(F)c1-c1ccc(OC(F)(F)F)cc1. The summed E-state index contributed by atoms with van der Waals surface area (Å²) in [6.45, 7) is 0. The predicted molar refractivity (Wildman–Crippen MR) is 72.8 cm³/mol. The molecule has 0 unspecified atom stereocenters. The fourth-order valence-electron chi connectivity index (χ4n) is 1.99. The number of ether oxygens (including phenoxy) is 1. The number of benzene rings is 2. The first kappa shape index (κ1) is 15.2. The van der Waals surface area contributed by atoms with Gasteiger partial charge >= 0.3 is 6.36 Å². The summed E-state index contributed by atoms with van der Waals surface area (Å²) in [5.41, 5.74) is 1.45. The molecule has 0 aromatic heterocycles. The normalized spacial score (nSPS) is 11.3. The number of hydrogen-bond acceptors (Lipinski definition) is 2. The lowest BCUT2D eigenvalue weighted by atomic mass is 10.0. The second kappa shape index (κ2) is 5.63. The van der Waals surface area contributed by atoms with E-state index in [1.807, 2.05) is 0 Å². The van der Waals surface area contributed by atoms with Crippen LogP contribution in [0.1, 0.15) is 0 Å². The average molecular weight is 299 g/mol. The molecule has 0 amide bonds. The van der Waals surface area contributed by atoms with Crippen molar-refractivity contribution in [3.05, 3.63) is 48.3 Å². The minimum absolute atomic E-state index is 0.334. The summed E-state index contributed by atoms with van der Waals surface area (Å²) in [6.07, 6.45) is -4.74. The minimum Gasteiger partial charge on any atom is -0.406 e. The number of nitrogens with zero attached hydrogens (tertiary/aromatic N) is 1. The number of anilines is 1. The lowest BCUT2D eigenvalue weighted by Gasteiger charge is -2.18. The van der Waals surface area contributed by atoms with Crippen molar-refractivity contribution >= 4 is 5.69 Å². The van der Waals surface area contributed by atoms with Crippen LogP contribution in [-0.4, -0.2) is 20.5 Å². The molecule has 0 heterocycles. The van der Waals surface area contributed by atoms with Gasteiger partial charge in [0.25, 0.3) is 0 Å². The Morgan fingerprint density at radius 1 is 0.952 bits per heavy atom. The van der Waals surface area contributed by atoms with Gasteiger partial charge in [-0.15, -0.1) is 13.2 Å². The van der Waals surface area contributed by atoms with Crippen LogP contribution < -0.4 is 9.64 Å². The Hall–Kier alpha value is -2.24. The number of alkyl halides is 3. The van der Waals surface area contributed by atoms with E-state index in [1.54, 1.807) is 31.1 Å². The molecular formula is C15H13F4NO. The van der Waals surface area contributed by atoms with Crippen LogP contribution in [0.2, 0.25) is 0 Å². The highest BCUT2D eigenvalue weighted by Gasteiger charge is 2.31. The van der Waals surface area contributed by atoms with Crippen molar-refractivity contribution in [2.24, 2.45) is 0 Å². The fraction of sp³-hybridized carbons (Fsp3) is 0.200. The quantitative estimate of drug-likeness (QED) is 0.776. The first-order valence-electron chi connectivity index (χ1n) is 6.10. The summed E-state index contributed by atoms with van der Waals surface area (Å²) in [7, 11) is 3.53. The zero-order valence-corrected chi connectivity index (χ0v) is 11.4. The number of hydrogen-bond donors (Lipinski definition) is 0. The molecule has 0 bridgehead atoms. The van der Waals surface area contributed by atoms with E-state index in [-0.39, 0.29) is 5.75 Å². The molecule has 0 fully saturated rings. The molecule has 2 aromatic rings. The molecule has 0 N–H and O–H groups in total. The van der Waals surface area contributed by atoms with Gasteiger partial charge in [-0.2, -0.15) is 0 Å². The zero-order chi connectivity index (χ0) is 15.6. The molecule has 0 aliphatic carbocycles. The Bertz CT molecular complexity index is 621. The van der Waals surface area contributed by atoms with Crippen LogP contribution in [0.15, 0.2) is 42.5 Å². The van der Waals surface area contributed by atoms with Crippen molar-refractivity contribution in [2.75, 3.05) is 19.0 Å². The van der Waals surface area contributed by atoms with Gasteiger partial charge in [0.1, 0.15) is 11.6 Å². The molecule has 6 heteroatoms. The number of halogens is 4. The molecule has 0 saturated carbocycles. The van der Waals surface area contributed by atoms with E-state index < -0.39 is 12.2 Å². The van der Waals surface area contributed by atoms with Crippen LogP contribution in [0, 0.1) is 5.82 Å². The highest BCUT2D eigenvalue weighted by Crippen LogP contribution is 2.34. The molecule has 0 saturated heterocycles. The smallest absolute Gasteiger partial charge is 0.406 e. The summed E-state index contributed by atoms with van der Waals surface area (Å²) in [5, 5.41) is 0. The van der Waals surface area contributed by atoms with Crippen molar-refractivity contribution in [2.45, 2.75) is 6.36 Å². The topological polar surface area (TPSA) is 12.5 Å².